The SMILES string of the molecule is CC(=O)Nc1ccc(NC(=O)/C(C#N)=C\N2CCN(c3cccc(C)c3C)CC2)cc1.Cl. The smallest absolute Gasteiger partial charge is 0.267 e. The summed E-state index contributed by atoms with van der Waals surface area (Å²) in [6.07, 6.45) is 1.64. The fourth-order valence-corrected chi connectivity index (χ4v) is 3.53. The molecule has 2 N–H and O–H groups in total. The number of nitrogens with zero attached hydrogens (tertiary/aromatic N) is 3. The van der Waals surface area contributed by atoms with Gasteiger partial charge in [-0.3, -0.25) is 9.59 Å². The molecule has 0 atom stereocenters. The summed E-state index contributed by atoms with van der Waals surface area (Å²) >= 11 is 0. The molecule has 2 aromatic carbocycles. The predicted octanol–water partition coefficient (Wildman–Crippen LogP) is 3.85. The minimum atomic E-state index is -0.452. The van der Waals surface area contributed by atoms with Crippen molar-refractivity contribution < 1.29 is 9.59 Å². The van der Waals surface area contributed by atoms with Crippen LogP contribution in [0, 0.1) is 25.2 Å². The third kappa shape index (κ3) is 6.25. The molecule has 32 heavy (non-hydrogen) atoms. The largest absolute Gasteiger partial charge is 0.373 e. The van der Waals surface area contributed by atoms with Gasteiger partial charge in [-0.05, 0) is 55.3 Å². The molecule has 0 unspecified atom stereocenters. The normalized spacial score (nSPS) is 13.6. The first-order valence-corrected chi connectivity index (χ1v) is 10.2. The van der Waals surface area contributed by atoms with E-state index in [1.54, 1.807) is 30.5 Å². The van der Waals surface area contributed by atoms with Crippen LogP contribution in [0.15, 0.2) is 54.2 Å². The summed E-state index contributed by atoms with van der Waals surface area (Å²) in [7, 11) is 0. The molecule has 0 spiro atoms. The Morgan fingerprint density at radius 1 is 0.969 bits per heavy atom. The lowest BCUT2D eigenvalue weighted by Gasteiger charge is -2.36. The van der Waals surface area contributed by atoms with Crippen molar-refractivity contribution >= 4 is 41.3 Å². The molecule has 0 saturated carbocycles. The molecule has 1 aliphatic heterocycles. The van der Waals surface area contributed by atoms with Crippen molar-refractivity contribution in [3.05, 3.63) is 65.4 Å². The topological polar surface area (TPSA) is 88.5 Å². The molecule has 7 nitrogen and oxygen atoms in total. The van der Waals surface area contributed by atoms with E-state index in [0.717, 1.165) is 26.2 Å². The highest BCUT2D eigenvalue weighted by atomic mass is 35.5. The number of hydrogen-bond acceptors (Lipinski definition) is 5. The summed E-state index contributed by atoms with van der Waals surface area (Å²) in [6.45, 7) is 8.80. The van der Waals surface area contributed by atoms with E-state index in [1.807, 2.05) is 11.0 Å². The van der Waals surface area contributed by atoms with Gasteiger partial charge in [-0.2, -0.15) is 5.26 Å². The molecule has 1 fully saturated rings. The van der Waals surface area contributed by atoms with Gasteiger partial charge in [-0.15, -0.1) is 12.4 Å². The van der Waals surface area contributed by atoms with Crippen molar-refractivity contribution in [3.8, 4) is 6.07 Å². The van der Waals surface area contributed by atoms with Gasteiger partial charge >= 0.3 is 0 Å². The number of nitriles is 1. The van der Waals surface area contributed by atoms with Crippen LogP contribution in [0.5, 0.6) is 0 Å². The van der Waals surface area contributed by atoms with Gasteiger partial charge in [0.2, 0.25) is 5.91 Å². The van der Waals surface area contributed by atoms with Gasteiger partial charge in [0.05, 0.1) is 0 Å². The number of carbonyl (C=O) groups excluding carboxylic acids is 2. The first-order valence-electron chi connectivity index (χ1n) is 10.2. The number of carbonyl (C=O) groups is 2. The number of halogens is 1. The Hall–Kier alpha value is -3.50. The van der Waals surface area contributed by atoms with Crippen LogP contribution in [-0.2, 0) is 9.59 Å². The van der Waals surface area contributed by atoms with Crippen molar-refractivity contribution in [2.75, 3.05) is 41.7 Å². The van der Waals surface area contributed by atoms with Crippen molar-refractivity contribution in [1.82, 2.24) is 4.90 Å². The van der Waals surface area contributed by atoms with Crippen molar-refractivity contribution in [1.29, 1.82) is 5.26 Å². The molecule has 1 saturated heterocycles. The summed E-state index contributed by atoms with van der Waals surface area (Å²) in [5.74, 6) is -0.615. The van der Waals surface area contributed by atoms with E-state index in [2.05, 4.69) is 47.6 Å². The molecule has 0 aromatic heterocycles. The summed E-state index contributed by atoms with van der Waals surface area (Å²) in [5.41, 5.74) is 5.06. The Bertz CT molecular complexity index is 1040. The van der Waals surface area contributed by atoms with Crippen LogP contribution in [-0.4, -0.2) is 42.9 Å². The summed E-state index contributed by atoms with van der Waals surface area (Å²) < 4.78 is 0. The maximum absolute atomic E-state index is 12.5. The van der Waals surface area contributed by atoms with Crippen molar-refractivity contribution in [2.45, 2.75) is 20.8 Å². The number of anilines is 3. The Kier molecular flexibility index (Phi) is 8.68. The maximum atomic E-state index is 12.5. The maximum Gasteiger partial charge on any atom is 0.267 e. The Labute approximate surface area is 195 Å². The van der Waals surface area contributed by atoms with Gasteiger partial charge in [0.1, 0.15) is 11.6 Å². The van der Waals surface area contributed by atoms with Crippen LogP contribution in [0.3, 0.4) is 0 Å². The second-order valence-electron chi connectivity index (χ2n) is 7.61. The van der Waals surface area contributed by atoms with Gasteiger partial charge in [0, 0.05) is 56.4 Å². The highest BCUT2D eigenvalue weighted by Gasteiger charge is 2.19. The van der Waals surface area contributed by atoms with Gasteiger partial charge in [-0.1, -0.05) is 12.1 Å². The second kappa shape index (κ2) is 11.2. The molecule has 3 rings (SSSR count). The number of hydrogen-bond donors (Lipinski definition) is 2. The van der Waals surface area contributed by atoms with E-state index < -0.39 is 5.91 Å². The molecule has 0 radical (unpaired) electrons. The minimum absolute atomic E-state index is 0. The molecule has 2 aromatic rings. The Balaban J connectivity index is 0.00000363. The monoisotopic (exact) mass is 453 g/mol. The minimum Gasteiger partial charge on any atom is -0.373 e. The fraction of sp³-hybridized carbons (Fsp3) is 0.292. The first kappa shape index (κ1) is 24.8. The Morgan fingerprint density at radius 3 is 2.12 bits per heavy atom. The van der Waals surface area contributed by atoms with Crippen LogP contribution in [0.1, 0.15) is 18.1 Å². The van der Waals surface area contributed by atoms with Gasteiger partial charge in [0.25, 0.3) is 5.91 Å². The van der Waals surface area contributed by atoms with Gasteiger partial charge < -0.3 is 20.4 Å². The number of benzene rings is 2. The number of amides is 2. The van der Waals surface area contributed by atoms with Crippen LogP contribution >= 0.6 is 12.4 Å². The molecule has 0 bridgehead atoms. The molecule has 0 aliphatic carbocycles. The number of piperazine rings is 1. The summed E-state index contributed by atoms with van der Waals surface area (Å²) in [4.78, 5) is 28.0. The highest BCUT2D eigenvalue weighted by Crippen LogP contribution is 2.24. The lowest BCUT2D eigenvalue weighted by Crippen LogP contribution is -2.44. The van der Waals surface area contributed by atoms with E-state index in [-0.39, 0.29) is 23.9 Å². The molecule has 1 heterocycles. The van der Waals surface area contributed by atoms with E-state index in [9.17, 15) is 14.9 Å². The van der Waals surface area contributed by atoms with Crippen LogP contribution in [0.25, 0.3) is 0 Å². The molecule has 168 valence electrons. The molecular weight excluding hydrogens is 426 g/mol. The number of rotatable bonds is 5. The zero-order valence-electron chi connectivity index (χ0n) is 18.5. The van der Waals surface area contributed by atoms with E-state index >= 15 is 0 Å². The van der Waals surface area contributed by atoms with E-state index in [0.29, 0.717) is 11.4 Å². The standard InChI is InChI=1S/C24H27N5O2.ClH/c1-17-5-4-6-23(18(17)2)29-13-11-28(12-14-29)16-20(15-25)24(31)27-22-9-7-21(8-10-22)26-19(3)30;/h4-10,16H,11-14H2,1-3H3,(H,26,30)(H,27,31);1H/b20-16-;. The zero-order valence-corrected chi connectivity index (χ0v) is 19.3. The average molecular weight is 454 g/mol. The Morgan fingerprint density at radius 2 is 1.56 bits per heavy atom. The van der Waals surface area contributed by atoms with E-state index in [4.69, 9.17) is 0 Å². The van der Waals surface area contributed by atoms with Crippen molar-refractivity contribution in [3.63, 3.8) is 0 Å². The lowest BCUT2D eigenvalue weighted by molar-refractivity contribution is -0.114. The predicted molar refractivity (Wildman–Crippen MR) is 130 cm³/mol. The van der Waals surface area contributed by atoms with E-state index in [1.165, 1.54) is 23.7 Å². The van der Waals surface area contributed by atoms with Gasteiger partial charge in [0.15, 0.2) is 0 Å². The van der Waals surface area contributed by atoms with Crippen LogP contribution in [0.2, 0.25) is 0 Å². The molecule has 8 heteroatoms. The second-order valence-corrected chi connectivity index (χ2v) is 7.61. The third-order valence-electron chi connectivity index (χ3n) is 5.37. The van der Waals surface area contributed by atoms with Crippen LogP contribution in [0.4, 0.5) is 17.1 Å². The number of nitrogens with one attached hydrogen (secondary N) is 2. The molecule has 1 aliphatic rings. The first-order chi connectivity index (χ1) is 14.9. The third-order valence-corrected chi connectivity index (χ3v) is 5.37. The van der Waals surface area contributed by atoms with Crippen molar-refractivity contribution in [2.24, 2.45) is 0 Å². The number of aryl methyl sites for hydroxylation is 1. The fourth-order valence-electron chi connectivity index (χ4n) is 3.53. The molecular formula is C24H28ClN5O2. The summed E-state index contributed by atoms with van der Waals surface area (Å²) in [6, 6.07) is 15.1. The molecule has 2 amide bonds. The average Bonchev–Trinajstić information content (AvgIpc) is 2.75. The lowest BCUT2D eigenvalue weighted by atomic mass is 10.1. The quantitative estimate of drug-likeness (QED) is 0.530. The zero-order chi connectivity index (χ0) is 22.4. The highest BCUT2D eigenvalue weighted by molar-refractivity contribution is 6.06. The van der Waals surface area contributed by atoms with Crippen LogP contribution < -0.4 is 15.5 Å². The van der Waals surface area contributed by atoms with Gasteiger partial charge in [-0.25, -0.2) is 0 Å². The summed E-state index contributed by atoms with van der Waals surface area (Å²) in [5, 5.41) is 14.9.